The Morgan fingerprint density at radius 2 is 2.14 bits per heavy atom. The first-order valence-electron chi connectivity index (χ1n) is 7.09. The van der Waals surface area contributed by atoms with Crippen molar-refractivity contribution in [3.05, 3.63) is 45.7 Å². The Balaban J connectivity index is 2.15. The molecule has 0 bridgehead atoms. The lowest BCUT2D eigenvalue weighted by atomic mass is 10.1. The van der Waals surface area contributed by atoms with E-state index in [4.69, 9.17) is 4.74 Å². The summed E-state index contributed by atoms with van der Waals surface area (Å²) >= 11 is 3.55. The van der Waals surface area contributed by atoms with Gasteiger partial charge in [0.25, 0.3) is 0 Å². The van der Waals surface area contributed by atoms with Gasteiger partial charge in [-0.05, 0) is 30.7 Å². The predicted octanol–water partition coefficient (Wildman–Crippen LogP) is 3.57. The van der Waals surface area contributed by atoms with E-state index in [1.165, 1.54) is 0 Å². The Morgan fingerprint density at radius 3 is 2.76 bits per heavy atom. The molecule has 0 saturated heterocycles. The molecule has 0 aliphatic carbocycles. The molecule has 5 heteroatoms. The molecule has 0 atom stereocenters. The van der Waals surface area contributed by atoms with E-state index >= 15 is 0 Å². The number of benzene rings is 1. The van der Waals surface area contributed by atoms with Crippen LogP contribution in [0.25, 0.3) is 0 Å². The summed E-state index contributed by atoms with van der Waals surface area (Å²) in [5.41, 5.74) is 3.22. The van der Waals surface area contributed by atoms with Crippen LogP contribution in [-0.4, -0.2) is 15.8 Å². The Labute approximate surface area is 134 Å². The third-order valence-electron chi connectivity index (χ3n) is 3.15. The Morgan fingerprint density at radius 1 is 1.38 bits per heavy atom. The van der Waals surface area contributed by atoms with Crippen molar-refractivity contribution in [2.24, 2.45) is 7.05 Å². The van der Waals surface area contributed by atoms with Gasteiger partial charge in [-0.25, -0.2) is 0 Å². The van der Waals surface area contributed by atoms with Crippen LogP contribution in [0.4, 0.5) is 0 Å². The number of hydrogen-bond acceptors (Lipinski definition) is 3. The van der Waals surface area contributed by atoms with Crippen molar-refractivity contribution >= 4 is 15.9 Å². The minimum Gasteiger partial charge on any atom is -0.487 e. The van der Waals surface area contributed by atoms with Gasteiger partial charge in [0.15, 0.2) is 0 Å². The van der Waals surface area contributed by atoms with Crippen LogP contribution in [-0.2, 0) is 20.2 Å². The molecule has 21 heavy (non-hydrogen) atoms. The maximum absolute atomic E-state index is 6.02. The molecular formula is C16H22BrN3O. The van der Waals surface area contributed by atoms with Gasteiger partial charge in [0.2, 0.25) is 0 Å². The molecule has 0 unspecified atom stereocenters. The molecular weight excluding hydrogens is 330 g/mol. The number of ether oxygens (including phenoxy) is 1. The second-order valence-electron chi connectivity index (χ2n) is 5.52. The molecule has 0 fully saturated rings. The zero-order chi connectivity index (χ0) is 15.4. The number of rotatable bonds is 6. The van der Waals surface area contributed by atoms with Gasteiger partial charge >= 0.3 is 0 Å². The maximum Gasteiger partial charge on any atom is 0.132 e. The van der Waals surface area contributed by atoms with E-state index in [2.05, 4.69) is 59.2 Å². The highest BCUT2D eigenvalue weighted by molar-refractivity contribution is 9.10. The fraction of sp³-hybridized carbons (Fsp3) is 0.438. The first kappa shape index (κ1) is 16.0. The highest BCUT2D eigenvalue weighted by atomic mass is 79.9. The van der Waals surface area contributed by atoms with E-state index in [1.807, 2.05) is 19.3 Å². The molecule has 2 aromatic rings. The average Bonchev–Trinajstić information content (AvgIpc) is 2.80. The molecule has 0 amide bonds. The number of nitrogens with one attached hydrogen (secondary N) is 1. The highest BCUT2D eigenvalue weighted by Gasteiger charge is 2.10. The fourth-order valence-electron chi connectivity index (χ4n) is 2.14. The number of hydrogen-bond donors (Lipinski definition) is 1. The molecule has 114 valence electrons. The summed E-state index contributed by atoms with van der Waals surface area (Å²) < 4.78 is 8.88. The monoisotopic (exact) mass is 351 g/mol. The summed E-state index contributed by atoms with van der Waals surface area (Å²) in [6.07, 6.45) is 1.92. The summed E-state index contributed by atoms with van der Waals surface area (Å²) in [7, 11) is 1.91. The zero-order valence-corrected chi connectivity index (χ0v) is 14.6. The molecule has 0 radical (unpaired) electrons. The summed E-state index contributed by atoms with van der Waals surface area (Å²) in [5.74, 6) is 0.942. The van der Waals surface area contributed by atoms with Crippen molar-refractivity contribution in [2.75, 3.05) is 0 Å². The quantitative estimate of drug-likeness (QED) is 0.864. The van der Waals surface area contributed by atoms with Gasteiger partial charge < -0.3 is 10.1 Å². The van der Waals surface area contributed by atoms with Gasteiger partial charge in [0.1, 0.15) is 12.4 Å². The second kappa shape index (κ2) is 7.09. The van der Waals surface area contributed by atoms with Crippen molar-refractivity contribution in [3.8, 4) is 5.75 Å². The minimum atomic E-state index is 0.438. The molecule has 2 rings (SSSR count). The van der Waals surface area contributed by atoms with Gasteiger partial charge in [-0.15, -0.1) is 0 Å². The molecule has 1 aromatic heterocycles. The average molecular weight is 352 g/mol. The van der Waals surface area contributed by atoms with E-state index in [9.17, 15) is 0 Å². The lowest BCUT2D eigenvalue weighted by molar-refractivity contribution is 0.293. The Hall–Kier alpha value is -1.33. The van der Waals surface area contributed by atoms with Crippen molar-refractivity contribution < 1.29 is 4.74 Å². The van der Waals surface area contributed by atoms with Gasteiger partial charge in [0, 0.05) is 35.9 Å². The first-order chi connectivity index (χ1) is 9.95. The van der Waals surface area contributed by atoms with E-state index in [0.29, 0.717) is 12.6 Å². The summed E-state index contributed by atoms with van der Waals surface area (Å²) in [5, 5.41) is 7.78. The van der Waals surface area contributed by atoms with Crippen LogP contribution in [0.3, 0.4) is 0 Å². The fourth-order valence-corrected chi connectivity index (χ4v) is 2.76. The van der Waals surface area contributed by atoms with E-state index in [0.717, 1.165) is 33.6 Å². The SMILES string of the molecule is Cc1cc(Br)cc(CNC(C)C)c1OCc1ccn(C)n1. The normalized spacial score (nSPS) is 11.1. The molecule has 1 N–H and O–H groups in total. The van der Waals surface area contributed by atoms with E-state index < -0.39 is 0 Å². The van der Waals surface area contributed by atoms with Gasteiger partial charge in [-0.3, -0.25) is 4.68 Å². The highest BCUT2D eigenvalue weighted by Crippen LogP contribution is 2.28. The predicted molar refractivity (Wildman–Crippen MR) is 88.4 cm³/mol. The van der Waals surface area contributed by atoms with Crippen molar-refractivity contribution in [1.29, 1.82) is 0 Å². The molecule has 0 aliphatic rings. The zero-order valence-electron chi connectivity index (χ0n) is 13.0. The van der Waals surface area contributed by atoms with Crippen molar-refractivity contribution in [3.63, 3.8) is 0 Å². The topological polar surface area (TPSA) is 39.1 Å². The largest absolute Gasteiger partial charge is 0.487 e. The molecule has 1 heterocycles. The molecule has 4 nitrogen and oxygen atoms in total. The summed E-state index contributed by atoms with van der Waals surface area (Å²) in [4.78, 5) is 0. The number of nitrogens with zero attached hydrogens (tertiary/aromatic N) is 2. The lowest BCUT2D eigenvalue weighted by Crippen LogP contribution is -2.22. The standard InChI is InChI=1S/C16H22BrN3O/c1-11(2)18-9-13-8-14(17)7-12(3)16(13)21-10-15-5-6-20(4)19-15/h5-8,11,18H,9-10H2,1-4H3. The smallest absolute Gasteiger partial charge is 0.132 e. The molecule has 1 aromatic carbocycles. The van der Waals surface area contributed by atoms with Crippen LogP contribution >= 0.6 is 15.9 Å². The third-order valence-corrected chi connectivity index (χ3v) is 3.61. The van der Waals surface area contributed by atoms with Crippen LogP contribution < -0.4 is 10.1 Å². The maximum atomic E-state index is 6.02. The van der Waals surface area contributed by atoms with Crippen LogP contribution in [0.1, 0.15) is 30.7 Å². The Bertz CT molecular complexity index is 608. The van der Waals surface area contributed by atoms with Crippen molar-refractivity contribution in [2.45, 2.75) is 40.0 Å². The summed E-state index contributed by atoms with van der Waals surface area (Å²) in [6.45, 7) is 7.61. The number of halogens is 1. The molecule has 0 saturated carbocycles. The Kier molecular flexibility index (Phi) is 5.42. The van der Waals surface area contributed by atoms with Crippen LogP contribution in [0.5, 0.6) is 5.75 Å². The number of aryl methyl sites for hydroxylation is 2. The van der Waals surface area contributed by atoms with Crippen LogP contribution in [0, 0.1) is 6.92 Å². The lowest BCUT2D eigenvalue weighted by Gasteiger charge is -2.16. The number of aromatic nitrogens is 2. The van der Waals surface area contributed by atoms with Crippen LogP contribution in [0.15, 0.2) is 28.9 Å². The van der Waals surface area contributed by atoms with Crippen molar-refractivity contribution in [1.82, 2.24) is 15.1 Å². The van der Waals surface area contributed by atoms with E-state index in [1.54, 1.807) is 4.68 Å². The minimum absolute atomic E-state index is 0.438. The molecule has 0 spiro atoms. The van der Waals surface area contributed by atoms with Gasteiger partial charge in [-0.1, -0.05) is 29.8 Å². The van der Waals surface area contributed by atoms with Crippen LogP contribution in [0.2, 0.25) is 0 Å². The summed E-state index contributed by atoms with van der Waals surface area (Å²) in [6, 6.07) is 6.59. The first-order valence-corrected chi connectivity index (χ1v) is 7.88. The third kappa shape index (κ3) is 4.58. The molecule has 0 aliphatic heterocycles. The van der Waals surface area contributed by atoms with Gasteiger partial charge in [0.05, 0.1) is 5.69 Å². The second-order valence-corrected chi connectivity index (χ2v) is 6.43. The van der Waals surface area contributed by atoms with E-state index in [-0.39, 0.29) is 0 Å². The van der Waals surface area contributed by atoms with Gasteiger partial charge in [-0.2, -0.15) is 5.10 Å².